The number of ether oxygens (including phenoxy) is 5. The van der Waals surface area contributed by atoms with Crippen LogP contribution in [-0.2, 0) is 28.5 Å². The summed E-state index contributed by atoms with van der Waals surface area (Å²) in [7, 11) is 0. The summed E-state index contributed by atoms with van der Waals surface area (Å²) in [6, 6.07) is 0. The van der Waals surface area contributed by atoms with E-state index in [0.717, 1.165) is 27.7 Å². The molecule has 0 radical (unpaired) electrons. The largest absolute Gasteiger partial charge is 0.458 e. The number of hydrogen-bond acceptors (Lipinski definition) is 10. The number of carbonyl (C=O) groups excluding carboxylic acids is 1. The third-order valence-corrected chi connectivity index (χ3v) is 14.7. The fourth-order valence-corrected chi connectivity index (χ4v) is 9.48. The molecule has 0 saturated heterocycles. The van der Waals surface area contributed by atoms with Crippen LogP contribution >= 0.6 is 0 Å². The molecule has 2 aliphatic rings. The maximum atomic E-state index is 13.9. The van der Waals surface area contributed by atoms with Gasteiger partial charge in [-0.25, -0.2) is 4.79 Å². The average molecular weight is 1110 g/mol. The van der Waals surface area contributed by atoms with E-state index in [4.69, 9.17) is 23.7 Å². The Hall–Kier alpha value is -2.37. The minimum absolute atomic E-state index is 0.192. The molecule has 0 aromatic heterocycles. The highest BCUT2D eigenvalue weighted by molar-refractivity contribution is 5.87. The van der Waals surface area contributed by atoms with Crippen LogP contribution in [-0.4, -0.2) is 141 Å². The summed E-state index contributed by atoms with van der Waals surface area (Å²) in [4.78, 5) is 13.4. The highest BCUT2D eigenvalue weighted by atomic mass is 19.4. The van der Waals surface area contributed by atoms with Gasteiger partial charge in [-0.05, 0) is 150 Å². The summed E-state index contributed by atoms with van der Waals surface area (Å²) < 4.78 is 276. The second-order valence-corrected chi connectivity index (χ2v) is 22.0. The van der Waals surface area contributed by atoms with E-state index in [9.17, 15) is 104 Å². The first kappa shape index (κ1) is 66.7. The van der Waals surface area contributed by atoms with Gasteiger partial charge in [-0.3, -0.25) is 0 Å². The van der Waals surface area contributed by atoms with Gasteiger partial charge in [0.1, 0.15) is 6.10 Å². The second-order valence-electron chi connectivity index (χ2n) is 22.0. The van der Waals surface area contributed by atoms with E-state index in [1.165, 1.54) is 34.6 Å². The minimum Gasteiger partial charge on any atom is -0.458 e. The van der Waals surface area contributed by atoms with Gasteiger partial charge in [0.15, 0.2) is 11.2 Å². The summed E-state index contributed by atoms with van der Waals surface area (Å²) in [5.41, 5.74) is -26.3. The van der Waals surface area contributed by atoms with Crippen LogP contribution in [0.2, 0.25) is 0 Å². The van der Waals surface area contributed by atoms with E-state index in [1.807, 2.05) is 0 Å². The summed E-state index contributed by atoms with van der Waals surface area (Å²) in [5.74, 6) is -8.40. The van der Waals surface area contributed by atoms with Gasteiger partial charge in [0.2, 0.25) is 0 Å². The zero-order valence-electron chi connectivity index (χ0n) is 41.9. The third-order valence-electron chi connectivity index (χ3n) is 14.7. The van der Waals surface area contributed by atoms with E-state index in [-0.39, 0.29) is 31.3 Å². The van der Waals surface area contributed by atoms with Crippen LogP contribution in [0.5, 0.6) is 0 Å². The molecule has 4 N–H and O–H groups in total. The molecule has 0 spiro atoms. The Morgan fingerprint density at radius 3 is 0.918 bits per heavy atom. The number of hydrogen-bond donors (Lipinski definition) is 4. The minimum atomic E-state index is -6.34. The molecule has 2 fully saturated rings. The van der Waals surface area contributed by atoms with Gasteiger partial charge in [-0.1, -0.05) is 6.58 Å². The van der Waals surface area contributed by atoms with Crippen LogP contribution in [0, 0.1) is 35.5 Å². The van der Waals surface area contributed by atoms with Crippen LogP contribution in [0.3, 0.4) is 0 Å². The number of rotatable bonds is 20. The van der Waals surface area contributed by atoms with Crippen LogP contribution in [0.25, 0.3) is 0 Å². The van der Waals surface area contributed by atoms with E-state index in [1.54, 1.807) is 0 Å². The van der Waals surface area contributed by atoms with Crippen molar-refractivity contribution in [1.82, 2.24) is 0 Å². The monoisotopic (exact) mass is 1110 g/mol. The molecule has 2 rings (SSSR count). The molecule has 73 heavy (non-hydrogen) atoms. The Labute approximate surface area is 410 Å². The molecule has 8 atom stereocenters. The molecule has 0 aromatic carbocycles. The Kier molecular flexibility index (Phi) is 19.6. The predicted molar refractivity (Wildman–Crippen MR) is 221 cm³/mol. The Bertz CT molecular complexity index is 1720. The molecular formula is C45H66F18O10. The highest BCUT2D eigenvalue weighted by Crippen LogP contribution is 2.55. The molecule has 0 heterocycles. The van der Waals surface area contributed by atoms with E-state index in [0.29, 0.717) is 13.8 Å². The van der Waals surface area contributed by atoms with Crippen molar-refractivity contribution >= 4 is 5.97 Å². The molecular weight excluding hydrogens is 1040 g/mol. The van der Waals surface area contributed by atoms with Gasteiger partial charge in [0, 0.05) is 5.57 Å². The maximum absolute atomic E-state index is 13.9. The molecule has 8 unspecified atom stereocenters. The second kappa shape index (κ2) is 21.5. The smallest absolute Gasteiger partial charge is 0.428 e. The Morgan fingerprint density at radius 1 is 0.438 bits per heavy atom. The summed E-state index contributed by atoms with van der Waals surface area (Å²) in [5, 5.41) is 40.4. The van der Waals surface area contributed by atoms with E-state index >= 15 is 0 Å². The van der Waals surface area contributed by atoms with Crippen molar-refractivity contribution in [1.29, 1.82) is 0 Å². The molecule has 28 heteroatoms. The molecule has 0 aromatic rings. The highest BCUT2D eigenvalue weighted by Gasteiger charge is 2.72. The number of alkyl halides is 18. The van der Waals surface area contributed by atoms with Gasteiger partial charge in [-0.2, -0.15) is 79.0 Å². The lowest BCUT2D eigenvalue weighted by molar-refractivity contribution is -0.384. The zero-order chi connectivity index (χ0) is 57.8. The maximum Gasteiger partial charge on any atom is 0.428 e. The quantitative estimate of drug-likeness (QED) is 0.0528. The topological polar surface area (TPSA) is 144 Å². The third kappa shape index (κ3) is 15.0. The first-order chi connectivity index (χ1) is 32.0. The molecule has 0 bridgehead atoms. The van der Waals surface area contributed by atoms with Crippen LogP contribution in [0.4, 0.5) is 79.0 Å². The lowest BCUT2D eigenvalue weighted by atomic mass is 9.58. The number of aliphatic hydroxyl groups is 4. The van der Waals surface area contributed by atoms with Crippen LogP contribution < -0.4 is 0 Å². The van der Waals surface area contributed by atoms with Crippen molar-refractivity contribution in [2.24, 2.45) is 35.5 Å². The summed E-state index contributed by atoms with van der Waals surface area (Å²) in [6.45, 7) is 6.51. The molecule has 0 aliphatic heterocycles. The SMILES string of the molecule is C=C(C)C(=O)OC(C1CCC(C(C)(C)OCC(O)(C(F)(F)F)C(F)(F)F)C(C(C)(C)OCC(C)(O)C(F)(F)F)C1)C1CCC(C(C)(C)OCC(O)(C(F)(F)F)C(F)(F)F)C(C(C)(C)OCC(C)(O)C(F)(F)F)C1. The number of carbonyl (C=O) groups is 1. The Balaban J connectivity index is 2.86. The standard InChI is InChI=1S/C45H66F18O10/c1-23(2)31(64)73-30(24-13-15-26(28(17-24)34(7,8)69-19-36(11,65)40(46,47)48)32(3,4)71-21-38(67,42(52,53)54)43(55,56)57)25-14-16-27(29(18-25)35(9,10)70-20-37(12,66)41(49,50)51)33(5,6)72-22-39(68,44(58,59)60)45(61,62)63/h24-30,65-68H,1,13-22H2,2-12H3. The predicted octanol–water partition coefficient (Wildman–Crippen LogP) is 11.1. The van der Waals surface area contributed by atoms with Crippen LogP contribution in [0.15, 0.2) is 12.2 Å². The van der Waals surface area contributed by atoms with Crippen molar-refractivity contribution in [3.8, 4) is 0 Å². The van der Waals surface area contributed by atoms with Gasteiger partial charge in [0.05, 0.1) is 48.8 Å². The Morgan fingerprint density at radius 2 is 0.685 bits per heavy atom. The van der Waals surface area contributed by atoms with Crippen molar-refractivity contribution < 1.29 is 128 Å². The zero-order valence-corrected chi connectivity index (χ0v) is 41.9. The molecule has 2 aliphatic carbocycles. The van der Waals surface area contributed by atoms with Gasteiger partial charge < -0.3 is 44.1 Å². The summed E-state index contributed by atoms with van der Waals surface area (Å²) in [6.07, 6.45) is -39.2. The summed E-state index contributed by atoms with van der Waals surface area (Å²) >= 11 is 0. The van der Waals surface area contributed by atoms with Gasteiger partial charge >= 0.3 is 43.0 Å². The lowest BCUT2D eigenvalue weighted by Crippen LogP contribution is -2.62. The molecule has 10 nitrogen and oxygen atoms in total. The first-order valence-corrected chi connectivity index (χ1v) is 22.7. The fourth-order valence-electron chi connectivity index (χ4n) is 9.48. The van der Waals surface area contributed by atoms with Crippen molar-refractivity contribution in [3.63, 3.8) is 0 Å². The lowest BCUT2D eigenvalue weighted by Gasteiger charge is -2.54. The van der Waals surface area contributed by atoms with E-state index in [2.05, 4.69) is 6.58 Å². The molecule has 432 valence electrons. The first-order valence-electron chi connectivity index (χ1n) is 22.7. The number of esters is 1. The van der Waals surface area contributed by atoms with Crippen LogP contribution in [0.1, 0.15) is 115 Å². The van der Waals surface area contributed by atoms with Crippen molar-refractivity contribution in [2.75, 3.05) is 26.4 Å². The normalized spacial score (nSPS) is 25.4. The molecule has 0 amide bonds. The van der Waals surface area contributed by atoms with E-state index < -0.39 is 169 Å². The van der Waals surface area contributed by atoms with Crippen molar-refractivity contribution in [3.05, 3.63) is 12.2 Å². The van der Waals surface area contributed by atoms with Crippen molar-refractivity contribution in [2.45, 2.75) is 203 Å². The number of halogens is 18. The average Bonchev–Trinajstić information content (AvgIpc) is 3.19. The van der Waals surface area contributed by atoms with Gasteiger partial charge in [0.25, 0.3) is 11.2 Å². The van der Waals surface area contributed by atoms with Gasteiger partial charge in [-0.15, -0.1) is 0 Å². The fraction of sp³-hybridized carbons (Fsp3) is 0.933. The molecule has 2 saturated carbocycles.